The second-order valence-corrected chi connectivity index (χ2v) is 7.12. The molecule has 0 spiro atoms. The number of aromatic nitrogens is 6. The molecule has 0 atom stereocenters. The number of nitriles is 1. The summed E-state index contributed by atoms with van der Waals surface area (Å²) >= 11 is 0. The Balaban J connectivity index is 1.42. The van der Waals surface area contributed by atoms with Crippen LogP contribution in [0.5, 0.6) is 5.75 Å². The van der Waals surface area contributed by atoms with Gasteiger partial charge in [0.25, 0.3) is 5.78 Å². The molecule has 156 valence electrons. The quantitative estimate of drug-likeness (QED) is 0.458. The number of hydrogen-bond acceptors (Lipinski definition) is 7. The summed E-state index contributed by atoms with van der Waals surface area (Å²) in [7, 11) is 1.63. The van der Waals surface area contributed by atoms with Crippen molar-refractivity contribution in [3.63, 3.8) is 0 Å². The van der Waals surface area contributed by atoms with Gasteiger partial charge in [0.05, 0.1) is 42.1 Å². The molecule has 0 amide bonds. The van der Waals surface area contributed by atoms with Crippen molar-refractivity contribution in [2.24, 2.45) is 0 Å². The van der Waals surface area contributed by atoms with Crippen molar-refractivity contribution in [3.05, 3.63) is 78.5 Å². The molecule has 32 heavy (non-hydrogen) atoms. The summed E-state index contributed by atoms with van der Waals surface area (Å²) in [6.45, 7) is 1.94. The molecular weight excluding hydrogens is 404 g/mol. The molecule has 2 aromatic carbocycles. The molecular formula is C23H18N8O. The van der Waals surface area contributed by atoms with Crippen LogP contribution in [0.4, 0.5) is 11.6 Å². The first-order chi connectivity index (χ1) is 15.6. The van der Waals surface area contributed by atoms with Crippen molar-refractivity contribution in [2.75, 3.05) is 12.4 Å². The SMILES string of the molecule is COc1cc(Nc2nc3nc(-c4ccc(C#N)cc4)ccn3n2)ccc1-n1cnc(C)c1. The van der Waals surface area contributed by atoms with E-state index in [1.54, 1.807) is 36.3 Å². The third kappa shape index (κ3) is 3.61. The van der Waals surface area contributed by atoms with E-state index in [0.29, 0.717) is 23.0 Å². The predicted molar refractivity (Wildman–Crippen MR) is 119 cm³/mol. The molecule has 0 fully saturated rings. The van der Waals surface area contributed by atoms with Crippen molar-refractivity contribution < 1.29 is 4.74 Å². The maximum atomic E-state index is 8.97. The second kappa shape index (κ2) is 7.85. The third-order valence-corrected chi connectivity index (χ3v) is 4.94. The van der Waals surface area contributed by atoms with Gasteiger partial charge < -0.3 is 14.6 Å². The van der Waals surface area contributed by atoms with Crippen LogP contribution in [-0.4, -0.2) is 36.2 Å². The van der Waals surface area contributed by atoms with E-state index in [2.05, 4.69) is 31.4 Å². The fourth-order valence-electron chi connectivity index (χ4n) is 3.36. The van der Waals surface area contributed by atoms with Crippen LogP contribution in [0, 0.1) is 18.3 Å². The van der Waals surface area contributed by atoms with Crippen molar-refractivity contribution in [1.82, 2.24) is 29.1 Å². The maximum Gasteiger partial charge on any atom is 0.254 e. The Morgan fingerprint density at radius 1 is 1.06 bits per heavy atom. The second-order valence-electron chi connectivity index (χ2n) is 7.12. The van der Waals surface area contributed by atoms with E-state index in [0.717, 1.165) is 28.3 Å². The van der Waals surface area contributed by atoms with Gasteiger partial charge >= 0.3 is 0 Å². The van der Waals surface area contributed by atoms with Gasteiger partial charge in [-0.1, -0.05) is 12.1 Å². The predicted octanol–water partition coefficient (Wildman–Crippen LogP) is 3.91. The lowest BCUT2D eigenvalue weighted by Crippen LogP contribution is -1.98. The standard InChI is InChI=1S/C23H18N8O/c1-15-13-30(14-25-15)20-8-7-18(11-21(20)32-2)26-22-28-23-27-19(9-10-31(23)29-22)17-5-3-16(12-24)4-6-17/h3-11,13-14H,1-2H3,(H,26,29). The van der Waals surface area contributed by atoms with Crippen LogP contribution in [0.3, 0.4) is 0 Å². The van der Waals surface area contributed by atoms with Crippen LogP contribution >= 0.6 is 0 Å². The Kier molecular flexibility index (Phi) is 4.72. The lowest BCUT2D eigenvalue weighted by atomic mass is 10.1. The Bertz CT molecular complexity index is 1460. The van der Waals surface area contributed by atoms with Crippen molar-refractivity contribution in [2.45, 2.75) is 6.92 Å². The molecule has 3 heterocycles. The van der Waals surface area contributed by atoms with E-state index < -0.39 is 0 Å². The molecule has 0 aliphatic rings. The molecule has 0 saturated carbocycles. The molecule has 9 nitrogen and oxygen atoms in total. The summed E-state index contributed by atoms with van der Waals surface area (Å²) in [5.74, 6) is 1.58. The smallest absolute Gasteiger partial charge is 0.254 e. The van der Waals surface area contributed by atoms with Crippen molar-refractivity contribution in [1.29, 1.82) is 5.26 Å². The van der Waals surface area contributed by atoms with Gasteiger partial charge in [-0.05, 0) is 37.3 Å². The number of ether oxygens (including phenoxy) is 1. The topological polar surface area (TPSA) is 106 Å². The van der Waals surface area contributed by atoms with Gasteiger partial charge in [-0.15, -0.1) is 5.10 Å². The first-order valence-corrected chi connectivity index (χ1v) is 9.83. The number of anilines is 2. The van der Waals surface area contributed by atoms with Gasteiger partial charge in [-0.3, -0.25) is 0 Å². The van der Waals surface area contributed by atoms with Gasteiger partial charge in [0.1, 0.15) is 5.75 Å². The minimum atomic E-state index is 0.419. The Labute approximate surface area is 183 Å². The van der Waals surface area contributed by atoms with Gasteiger partial charge in [-0.2, -0.15) is 10.2 Å². The van der Waals surface area contributed by atoms with Crippen molar-refractivity contribution >= 4 is 17.4 Å². The Hall–Kier alpha value is -4.71. The summed E-state index contributed by atoms with van der Waals surface area (Å²) in [6, 6.07) is 17.0. The average molecular weight is 422 g/mol. The summed E-state index contributed by atoms with van der Waals surface area (Å²) < 4.78 is 9.08. The lowest BCUT2D eigenvalue weighted by Gasteiger charge is -2.11. The zero-order valence-electron chi connectivity index (χ0n) is 17.4. The zero-order chi connectivity index (χ0) is 22.1. The maximum absolute atomic E-state index is 8.97. The number of methoxy groups -OCH3 is 1. The molecule has 0 saturated heterocycles. The minimum absolute atomic E-state index is 0.419. The lowest BCUT2D eigenvalue weighted by molar-refractivity contribution is 0.413. The number of benzene rings is 2. The van der Waals surface area contributed by atoms with Gasteiger partial charge in [-0.25, -0.2) is 14.5 Å². The van der Waals surface area contributed by atoms with Crippen LogP contribution < -0.4 is 10.1 Å². The van der Waals surface area contributed by atoms with E-state index in [4.69, 9.17) is 10.00 Å². The van der Waals surface area contributed by atoms with Crippen LogP contribution in [0.25, 0.3) is 22.7 Å². The largest absolute Gasteiger partial charge is 0.494 e. The van der Waals surface area contributed by atoms with Crippen LogP contribution in [-0.2, 0) is 0 Å². The van der Waals surface area contributed by atoms with E-state index in [1.807, 2.05) is 54.1 Å². The molecule has 0 unspecified atom stereocenters. The highest BCUT2D eigenvalue weighted by atomic mass is 16.5. The minimum Gasteiger partial charge on any atom is -0.494 e. The van der Waals surface area contributed by atoms with E-state index in [1.165, 1.54) is 0 Å². The molecule has 5 aromatic rings. The molecule has 0 aliphatic carbocycles. The highest BCUT2D eigenvalue weighted by Crippen LogP contribution is 2.28. The van der Waals surface area contributed by atoms with Crippen LogP contribution in [0.1, 0.15) is 11.3 Å². The monoisotopic (exact) mass is 422 g/mol. The Morgan fingerprint density at radius 3 is 2.62 bits per heavy atom. The molecule has 1 N–H and O–H groups in total. The van der Waals surface area contributed by atoms with Gasteiger partial charge in [0.15, 0.2) is 0 Å². The zero-order valence-corrected chi connectivity index (χ0v) is 17.4. The van der Waals surface area contributed by atoms with Gasteiger partial charge in [0.2, 0.25) is 5.95 Å². The molecule has 9 heteroatoms. The normalized spacial score (nSPS) is 10.8. The van der Waals surface area contributed by atoms with Gasteiger partial charge in [0, 0.05) is 29.7 Å². The fourth-order valence-corrected chi connectivity index (χ4v) is 3.36. The third-order valence-electron chi connectivity index (χ3n) is 4.94. The Morgan fingerprint density at radius 2 is 1.91 bits per heavy atom. The summed E-state index contributed by atoms with van der Waals surface area (Å²) in [5, 5.41) is 16.6. The molecule has 0 bridgehead atoms. The number of fused-ring (bicyclic) bond motifs is 1. The first kappa shape index (κ1) is 19.3. The average Bonchev–Trinajstić information content (AvgIpc) is 3.44. The first-order valence-electron chi connectivity index (χ1n) is 9.83. The van der Waals surface area contributed by atoms with E-state index >= 15 is 0 Å². The molecule has 3 aromatic heterocycles. The molecule has 0 radical (unpaired) electrons. The number of nitrogens with one attached hydrogen (secondary N) is 1. The van der Waals surface area contributed by atoms with Crippen LogP contribution in [0.15, 0.2) is 67.3 Å². The number of rotatable bonds is 5. The molecule has 5 rings (SSSR count). The van der Waals surface area contributed by atoms with E-state index in [9.17, 15) is 0 Å². The highest BCUT2D eigenvalue weighted by Gasteiger charge is 2.11. The number of hydrogen-bond donors (Lipinski definition) is 1. The highest BCUT2D eigenvalue weighted by molar-refractivity contribution is 5.64. The summed E-state index contributed by atoms with van der Waals surface area (Å²) in [4.78, 5) is 13.3. The van der Waals surface area contributed by atoms with E-state index in [-0.39, 0.29) is 0 Å². The number of imidazole rings is 1. The van der Waals surface area contributed by atoms with Crippen LogP contribution in [0.2, 0.25) is 0 Å². The number of nitrogens with zero attached hydrogens (tertiary/aromatic N) is 7. The molecule has 0 aliphatic heterocycles. The van der Waals surface area contributed by atoms with Crippen molar-refractivity contribution in [3.8, 4) is 28.8 Å². The number of aryl methyl sites for hydroxylation is 1. The summed E-state index contributed by atoms with van der Waals surface area (Å²) in [5.41, 5.74) is 4.85. The fraction of sp³-hybridized carbons (Fsp3) is 0.0870. The summed E-state index contributed by atoms with van der Waals surface area (Å²) in [6.07, 6.45) is 5.49.